The van der Waals surface area contributed by atoms with Gasteiger partial charge in [-0.05, 0) is 64.5 Å². The summed E-state index contributed by atoms with van der Waals surface area (Å²) in [7, 11) is 1.85. The molecule has 1 N–H and O–H groups in total. The van der Waals surface area contributed by atoms with E-state index in [0.717, 1.165) is 11.8 Å². The molecule has 2 heterocycles. The topological polar surface area (TPSA) is 27.7 Å². The third-order valence-electron chi connectivity index (χ3n) is 6.15. The van der Waals surface area contributed by atoms with Gasteiger partial charge in [-0.3, -0.25) is 9.80 Å². The predicted molar refractivity (Wildman–Crippen MR) is 103 cm³/mol. The number of nitrogens with zero attached hydrogens (tertiary/aromatic N) is 2. The van der Waals surface area contributed by atoms with E-state index >= 15 is 0 Å². The van der Waals surface area contributed by atoms with Crippen molar-refractivity contribution in [1.29, 1.82) is 0 Å². The van der Waals surface area contributed by atoms with Crippen molar-refractivity contribution in [2.45, 2.75) is 71.6 Å². The lowest BCUT2D eigenvalue weighted by molar-refractivity contribution is -0.0312. The maximum Gasteiger partial charge on any atom is 0.0577 e. The van der Waals surface area contributed by atoms with Crippen LogP contribution < -0.4 is 5.32 Å². The van der Waals surface area contributed by atoms with Gasteiger partial charge < -0.3 is 10.1 Å². The van der Waals surface area contributed by atoms with Crippen LogP contribution in [0.15, 0.2) is 0 Å². The van der Waals surface area contributed by atoms with E-state index in [1.807, 2.05) is 21.0 Å². The minimum atomic E-state index is 0.543. The number of piperazine rings is 1. The molecule has 24 heavy (non-hydrogen) atoms. The SMILES string of the molecule is CC.COC1CC(CN2CC(C)N(CC3CCNCC3)C(C)C2)C1. The molecule has 3 fully saturated rings. The molecule has 2 atom stereocenters. The Kier molecular flexibility index (Phi) is 8.48. The van der Waals surface area contributed by atoms with Crippen LogP contribution >= 0.6 is 0 Å². The zero-order valence-electron chi connectivity index (χ0n) is 16.8. The van der Waals surface area contributed by atoms with E-state index < -0.39 is 0 Å². The first-order valence-corrected chi connectivity index (χ1v) is 10.4. The van der Waals surface area contributed by atoms with Crippen LogP contribution in [0.3, 0.4) is 0 Å². The standard InChI is InChI=1S/C18H35N3O.C2H6/c1-14-10-20(12-17-8-18(9-17)22-3)11-15(2)21(14)13-16-4-6-19-7-5-16;1-2/h14-19H,4-13H2,1-3H3;1-2H3. The van der Waals surface area contributed by atoms with Crippen LogP contribution in [0.1, 0.15) is 53.4 Å². The lowest BCUT2D eigenvalue weighted by Crippen LogP contribution is -2.59. The second kappa shape index (κ2) is 10.1. The fourth-order valence-corrected chi connectivity index (χ4v) is 4.72. The van der Waals surface area contributed by atoms with Gasteiger partial charge in [-0.25, -0.2) is 0 Å². The summed E-state index contributed by atoms with van der Waals surface area (Å²) in [5.74, 6) is 1.78. The van der Waals surface area contributed by atoms with Crippen LogP contribution in [0.2, 0.25) is 0 Å². The van der Waals surface area contributed by atoms with Gasteiger partial charge in [0.05, 0.1) is 6.10 Å². The summed E-state index contributed by atoms with van der Waals surface area (Å²) in [5, 5.41) is 3.49. The number of hydrogen-bond donors (Lipinski definition) is 1. The Hall–Kier alpha value is -0.160. The van der Waals surface area contributed by atoms with E-state index in [1.165, 1.54) is 65.0 Å². The quantitative estimate of drug-likeness (QED) is 0.833. The first kappa shape index (κ1) is 20.2. The molecule has 3 aliphatic rings. The van der Waals surface area contributed by atoms with Crippen LogP contribution in [-0.2, 0) is 4.74 Å². The predicted octanol–water partition coefficient (Wildman–Crippen LogP) is 2.83. The van der Waals surface area contributed by atoms with Crippen molar-refractivity contribution in [2.24, 2.45) is 11.8 Å². The average molecular weight is 340 g/mol. The molecular formula is C20H41N3O. The molecular weight excluding hydrogens is 298 g/mol. The Morgan fingerprint density at radius 3 is 2.04 bits per heavy atom. The smallest absolute Gasteiger partial charge is 0.0577 e. The highest BCUT2D eigenvalue weighted by atomic mass is 16.5. The second-order valence-corrected chi connectivity index (χ2v) is 8.00. The van der Waals surface area contributed by atoms with Gasteiger partial charge in [0.2, 0.25) is 0 Å². The molecule has 3 rings (SSSR count). The van der Waals surface area contributed by atoms with Crippen LogP contribution in [0.5, 0.6) is 0 Å². The van der Waals surface area contributed by atoms with E-state index in [9.17, 15) is 0 Å². The molecule has 0 aromatic carbocycles. The zero-order chi connectivity index (χ0) is 17.5. The molecule has 0 spiro atoms. The fraction of sp³-hybridized carbons (Fsp3) is 1.00. The zero-order valence-corrected chi connectivity index (χ0v) is 16.8. The van der Waals surface area contributed by atoms with Gasteiger partial charge in [-0.15, -0.1) is 0 Å². The Bertz CT molecular complexity index is 328. The summed E-state index contributed by atoms with van der Waals surface area (Å²) in [6.45, 7) is 16.4. The lowest BCUT2D eigenvalue weighted by atomic mass is 9.81. The van der Waals surface area contributed by atoms with Gasteiger partial charge >= 0.3 is 0 Å². The number of methoxy groups -OCH3 is 1. The molecule has 2 saturated heterocycles. The maximum absolute atomic E-state index is 5.42. The molecule has 0 radical (unpaired) electrons. The molecule has 1 saturated carbocycles. The van der Waals surface area contributed by atoms with Crippen molar-refractivity contribution in [3.8, 4) is 0 Å². The van der Waals surface area contributed by atoms with Crippen molar-refractivity contribution < 1.29 is 4.74 Å². The normalized spacial score (nSPS) is 35.9. The molecule has 0 aromatic rings. The van der Waals surface area contributed by atoms with Gasteiger partial charge in [0.25, 0.3) is 0 Å². The molecule has 2 unspecified atom stereocenters. The highest BCUT2D eigenvalue weighted by Gasteiger charge is 2.35. The number of ether oxygens (including phenoxy) is 1. The van der Waals surface area contributed by atoms with Crippen LogP contribution in [0.4, 0.5) is 0 Å². The largest absolute Gasteiger partial charge is 0.381 e. The van der Waals surface area contributed by atoms with Crippen LogP contribution in [0, 0.1) is 11.8 Å². The molecule has 4 nitrogen and oxygen atoms in total. The summed E-state index contributed by atoms with van der Waals surface area (Å²) in [6.07, 6.45) is 5.81. The van der Waals surface area contributed by atoms with E-state index in [4.69, 9.17) is 4.74 Å². The van der Waals surface area contributed by atoms with Crippen molar-refractivity contribution in [3.63, 3.8) is 0 Å². The van der Waals surface area contributed by atoms with Crippen molar-refractivity contribution in [2.75, 3.05) is 46.4 Å². The second-order valence-electron chi connectivity index (χ2n) is 8.00. The van der Waals surface area contributed by atoms with E-state index in [-0.39, 0.29) is 0 Å². The molecule has 2 aliphatic heterocycles. The van der Waals surface area contributed by atoms with Crippen molar-refractivity contribution in [1.82, 2.24) is 15.1 Å². The number of piperidine rings is 1. The van der Waals surface area contributed by atoms with Gasteiger partial charge in [0.1, 0.15) is 0 Å². The van der Waals surface area contributed by atoms with E-state index in [2.05, 4.69) is 29.0 Å². The molecule has 0 amide bonds. The number of hydrogen-bond acceptors (Lipinski definition) is 4. The molecule has 142 valence electrons. The van der Waals surface area contributed by atoms with E-state index in [0.29, 0.717) is 18.2 Å². The molecule has 0 aromatic heterocycles. The monoisotopic (exact) mass is 339 g/mol. The van der Waals surface area contributed by atoms with E-state index in [1.54, 1.807) is 0 Å². The van der Waals surface area contributed by atoms with Crippen molar-refractivity contribution >= 4 is 0 Å². The third-order valence-corrected chi connectivity index (χ3v) is 6.15. The van der Waals surface area contributed by atoms with Gasteiger partial charge in [-0.1, -0.05) is 13.8 Å². The van der Waals surface area contributed by atoms with Gasteiger partial charge in [-0.2, -0.15) is 0 Å². The van der Waals surface area contributed by atoms with Crippen molar-refractivity contribution in [3.05, 3.63) is 0 Å². The van der Waals surface area contributed by atoms with Gasteiger partial charge in [0.15, 0.2) is 0 Å². The number of rotatable bonds is 5. The fourth-order valence-electron chi connectivity index (χ4n) is 4.72. The Balaban J connectivity index is 0.00000100. The summed E-state index contributed by atoms with van der Waals surface area (Å²) in [5.41, 5.74) is 0. The minimum Gasteiger partial charge on any atom is -0.381 e. The minimum absolute atomic E-state index is 0.543. The highest BCUT2D eigenvalue weighted by molar-refractivity contribution is 4.90. The Labute approximate surface area is 150 Å². The average Bonchev–Trinajstić information content (AvgIpc) is 2.57. The lowest BCUT2D eigenvalue weighted by Gasteiger charge is -2.48. The summed E-state index contributed by atoms with van der Waals surface area (Å²) >= 11 is 0. The Morgan fingerprint density at radius 1 is 0.917 bits per heavy atom. The summed E-state index contributed by atoms with van der Waals surface area (Å²) in [4.78, 5) is 5.50. The first-order valence-electron chi connectivity index (χ1n) is 10.4. The first-order chi connectivity index (χ1) is 11.7. The molecule has 0 bridgehead atoms. The van der Waals surface area contributed by atoms with Crippen LogP contribution in [-0.4, -0.2) is 74.4 Å². The highest BCUT2D eigenvalue weighted by Crippen LogP contribution is 2.31. The maximum atomic E-state index is 5.42. The van der Waals surface area contributed by atoms with Gasteiger partial charge in [0, 0.05) is 45.4 Å². The summed E-state index contributed by atoms with van der Waals surface area (Å²) in [6, 6.07) is 1.41. The third kappa shape index (κ3) is 5.42. The van der Waals surface area contributed by atoms with Crippen LogP contribution in [0.25, 0.3) is 0 Å². The molecule has 4 heteroatoms. The Morgan fingerprint density at radius 2 is 1.50 bits per heavy atom. The number of nitrogens with one attached hydrogen (secondary N) is 1. The molecule has 1 aliphatic carbocycles. The summed E-state index contributed by atoms with van der Waals surface area (Å²) < 4.78 is 5.42.